The summed E-state index contributed by atoms with van der Waals surface area (Å²) in [6.45, 7) is 2.43. The minimum absolute atomic E-state index is 0.127. The van der Waals surface area contributed by atoms with E-state index in [0.717, 1.165) is 43.5 Å². The van der Waals surface area contributed by atoms with Crippen LogP contribution in [-0.4, -0.2) is 29.3 Å². The summed E-state index contributed by atoms with van der Waals surface area (Å²) in [5, 5.41) is 0. The highest BCUT2D eigenvalue weighted by Crippen LogP contribution is 2.21. The number of aromatic nitrogens is 1. The second kappa shape index (κ2) is 6.18. The van der Waals surface area contributed by atoms with Crippen molar-refractivity contribution in [1.82, 2.24) is 9.88 Å². The number of carbonyl (C=O) groups excluding carboxylic acids is 1. The van der Waals surface area contributed by atoms with Gasteiger partial charge in [0, 0.05) is 24.6 Å². The SMILES string of the molecule is O=CC1CCCN(Cc2coc(-c3ccc(F)cc3)n2)C1. The Bertz CT molecular complexity index is 609. The summed E-state index contributed by atoms with van der Waals surface area (Å²) in [7, 11) is 0. The third kappa shape index (κ3) is 3.36. The Balaban J connectivity index is 1.67. The van der Waals surface area contributed by atoms with Crippen molar-refractivity contribution >= 4 is 6.29 Å². The summed E-state index contributed by atoms with van der Waals surface area (Å²) in [6.07, 6.45) is 4.67. The van der Waals surface area contributed by atoms with Gasteiger partial charge in [0.1, 0.15) is 18.4 Å². The first-order valence-electron chi connectivity index (χ1n) is 7.12. The van der Waals surface area contributed by atoms with Gasteiger partial charge in [0.15, 0.2) is 0 Å². The van der Waals surface area contributed by atoms with Gasteiger partial charge >= 0.3 is 0 Å². The van der Waals surface area contributed by atoms with Gasteiger partial charge in [-0.25, -0.2) is 9.37 Å². The Morgan fingerprint density at radius 1 is 1.38 bits per heavy atom. The molecule has 2 heterocycles. The van der Waals surface area contributed by atoms with E-state index in [1.807, 2.05) is 0 Å². The molecular weight excluding hydrogens is 271 g/mol. The molecule has 110 valence electrons. The van der Waals surface area contributed by atoms with E-state index < -0.39 is 0 Å². The number of carbonyl (C=O) groups is 1. The zero-order valence-electron chi connectivity index (χ0n) is 11.7. The molecule has 4 nitrogen and oxygen atoms in total. The first kappa shape index (κ1) is 13.9. The van der Waals surface area contributed by atoms with Crippen molar-refractivity contribution in [2.75, 3.05) is 13.1 Å². The molecule has 0 aliphatic carbocycles. The van der Waals surface area contributed by atoms with Crippen LogP contribution >= 0.6 is 0 Å². The van der Waals surface area contributed by atoms with Crippen LogP contribution in [0.1, 0.15) is 18.5 Å². The highest BCUT2D eigenvalue weighted by molar-refractivity contribution is 5.54. The molecule has 2 aromatic rings. The summed E-state index contributed by atoms with van der Waals surface area (Å²) >= 11 is 0. The van der Waals surface area contributed by atoms with Crippen LogP contribution < -0.4 is 0 Å². The van der Waals surface area contributed by atoms with E-state index in [9.17, 15) is 9.18 Å². The molecule has 1 unspecified atom stereocenters. The van der Waals surface area contributed by atoms with Crippen LogP contribution in [0.4, 0.5) is 4.39 Å². The molecule has 1 atom stereocenters. The normalized spacial score (nSPS) is 19.6. The summed E-state index contributed by atoms with van der Waals surface area (Å²) < 4.78 is 18.4. The second-order valence-corrected chi connectivity index (χ2v) is 5.42. The van der Waals surface area contributed by atoms with Gasteiger partial charge in [0.25, 0.3) is 0 Å². The van der Waals surface area contributed by atoms with E-state index >= 15 is 0 Å². The van der Waals surface area contributed by atoms with Crippen molar-refractivity contribution in [1.29, 1.82) is 0 Å². The lowest BCUT2D eigenvalue weighted by Crippen LogP contribution is -2.35. The molecule has 1 saturated heterocycles. The number of piperidine rings is 1. The number of aldehydes is 1. The van der Waals surface area contributed by atoms with Gasteiger partial charge in [-0.1, -0.05) is 0 Å². The van der Waals surface area contributed by atoms with Gasteiger partial charge < -0.3 is 9.21 Å². The fourth-order valence-electron chi connectivity index (χ4n) is 2.68. The Hall–Kier alpha value is -2.01. The molecule has 0 N–H and O–H groups in total. The van der Waals surface area contributed by atoms with Crippen molar-refractivity contribution < 1.29 is 13.6 Å². The summed E-state index contributed by atoms with van der Waals surface area (Å²) in [5.74, 6) is 0.343. The predicted molar refractivity (Wildman–Crippen MR) is 76.0 cm³/mol. The number of halogens is 1. The number of nitrogens with zero attached hydrogens (tertiary/aromatic N) is 2. The van der Waals surface area contributed by atoms with Crippen LogP contribution in [0.25, 0.3) is 11.5 Å². The van der Waals surface area contributed by atoms with Crippen molar-refractivity contribution in [2.24, 2.45) is 5.92 Å². The lowest BCUT2D eigenvalue weighted by atomic mass is 10.00. The standard InChI is InChI=1S/C16H17FN2O2/c17-14-5-3-13(4-6-14)16-18-15(11-21-16)9-19-7-1-2-12(8-19)10-20/h3-6,10-12H,1-2,7-9H2. The lowest BCUT2D eigenvalue weighted by molar-refractivity contribution is -0.112. The van der Waals surface area contributed by atoms with E-state index in [1.54, 1.807) is 18.4 Å². The third-order valence-electron chi connectivity index (χ3n) is 3.76. The molecule has 0 bridgehead atoms. The molecule has 3 rings (SSSR count). The molecule has 1 fully saturated rings. The van der Waals surface area contributed by atoms with E-state index in [-0.39, 0.29) is 11.7 Å². The Kier molecular flexibility index (Phi) is 4.10. The van der Waals surface area contributed by atoms with Crippen molar-refractivity contribution in [3.05, 3.63) is 42.0 Å². The highest BCUT2D eigenvalue weighted by atomic mass is 19.1. The minimum atomic E-state index is -0.279. The predicted octanol–water partition coefficient (Wildman–Crippen LogP) is 2.89. The maximum Gasteiger partial charge on any atom is 0.226 e. The fourth-order valence-corrected chi connectivity index (χ4v) is 2.68. The smallest absolute Gasteiger partial charge is 0.226 e. The van der Waals surface area contributed by atoms with Crippen LogP contribution in [0, 0.1) is 11.7 Å². The maximum absolute atomic E-state index is 12.9. The Labute approximate surface area is 122 Å². The molecule has 0 spiro atoms. The van der Waals surface area contributed by atoms with Gasteiger partial charge in [0.2, 0.25) is 5.89 Å². The number of likely N-dealkylation sites (tertiary alicyclic amines) is 1. The number of oxazole rings is 1. The lowest BCUT2D eigenvalue weighted by Gasteiger charge is -2.29. The molecule has 0 amide bonds. The molecular formula is C16H17FN2O2. The quantitative estimate of drug-likeness (QED) is 0.812. The summed E-state index contributed by atoms with van der Waals surface area (Å²) in [4.78, 5) is 17.5. The Morgan fingerprint density at radius 3 is 2.95 bits per heavy atom. The molecule has 0 saturated carbocycles. The van der Waals surface area contributed by atoms with Crippen LogP contribution in [0.5, 0.6) is 0 Å². The number of benzene rings is 1. The Morgan fingerprint density at radius 2 is 2.19 bits per heavy atom. The average Bonchev–Trinajstić information content (AvgIpc) is 2.96. The summed E-state index contributed by atoms with van der Waals surface area (Å²) in [5.41, 5.74) is 1.59. The topological polar surface area (TPSA) is 46.3 Å². The zero-order chi connectivity index (χ0) is 14.7. The molecule has 1 aromatic heterocycles. The highest BCUT2D eigenvalue weighted by Gasteiger charge is 2.20. The van der Waals surface area contributed by atoms with Crippen LogP contribution in [-0.2, 0) is 11.3 Å². The van der Waals surface area contributed by atoms with Gasteiger partial charge in [-0.3, -0.25) is 4.90 Å². The van der Waals surface area contributed by atoms with Crippen molar-refractivity contribution in [2.45, 2.75) is 19.4 Å². The van der Waals surface area contributed by atoms with Crippen molar-refractivity contribution in [3.8, 4) is 11.5 Å². The van der Waals surface area contributed by atoms with Crippen LogP contribution in [0.2, 0.25) is 0 Å². The number of rotatable bonds is 4. The first-order chi connectivity index (χ1) is 10.2. The molecule has 0 radical (unpaired) electrons. The summed E-state index contributed by atoms with van der Waals surface area (Å²) in [6, 6.07) is 6.07. The first-order valence-corrected chi connectivity index (χ1v) is 7.12. The van der Waals surface area contributed by atoms with Crippen LogP contribution in [0.3, 0.4) is 0 Å². The average molecular weight is 288 g/mol. The van der Waals surface area contributed by atoms with E-state index in [4.69, 9.17) is 4.42 Å². The van der Waals surface area contributed by atoms with Crippen molar-refractivity contribution in [3.63, 3.8) is 0 Å². The largest absolute Gasteiger partial charge is 0.444 e. The number of hydrogen-bond acceptors (Lipinski definition) is 4. The number of hydrogen-bond donors (Lipinski definition) is 0. The maximum atomic E-state index is 12.9. The monoisotopic (exact) mass is 288 g/mol. The molecule has 21 heavy (non-hydrogen) atoms. The van der Waals surface area contributed by atoms with E-state index in [2.05, 4.69) is 9.88 Å². The molecule has 1 aliphatic heterocycles. The van der Waals surface area contributed by atoms with E-state index in [1.165, 1.54) is 12.1 Å². The molecule has 1 aromatic carbocycles. The third-order valence-corrected chi connectivity index (χ3v) is 3.76. The van der Waals surface area contributed by atoms with Gasteiger partial charge in [-0.15, -0.1) is 0 Å². The minimum Gasteiger partial charge on any atom is -0.444 e. The van der Waals surface area contributed by atoms with E-state index in [0.29, 0.717) is 12.4 Å². The molecule has 1 aliphatic rings. The van der Waals surface area contributed by atoms with Gasteiger partial charge in [-0.05, 0) is 43.7 Å². The zero-order valence-corrected chi connectivity index (χ0v) is 11.7. The van der Waals surface area contributed by atoms with Gasteiger partial charge in [-0.2, -0.15) is 0 Å². The fraction of sp³-hybridized carbons (Fsp3) is 0.375. The van der Waals surface area contributed by atoms with Crippen LogP contribution in [0.15, 0.2) is 34.9 Å². The van der Waals surface area contributed by atoms with Gasteiger partial charge in [0.05, 0.1) is 5.69 Å². The second-order valence-electron chi connectivity index (χ2n) is 5.42. The molecule has 5 heteroatoms.